The highest BCUT2D eigenvalue weighted by molar-refractivity contribution is 6.31. The Kier molecular flexibility index (Phi) is 26.8. The summed E-state index contributed by atoms with van der Waals surface area (Å²) in [5.74, 6) is -2.17. The topological polar surface area (TPSA) is 267 Å². The normalized spacial score (nSPS) is 25.2. The molecule has 2 aromatic heterocycles. The predicted molar refractivity (Wildman–Crippen MR) is 378 cm³/mol. The number of hydrogen-bond acceptors (Lipinski definition) is 17. The van der Waals surface area contributed by atoms with Crippen LogP contribution in [0.5, 0.6) is 11.5 Å². The molecule has 4 aromatic carbocycles. The number of fused-ring (bicyclic) bond motifs is 1. The van der Waals surface area contributed by atoms with Gasteiger partial charge in [0.2, 0.25) is 35.5 Å². The van der Waals surface area contributed by atoms with Crippen molar-refractivity contribution < 1.29 is 66.3 Å². The van der Waals surface area contributed by atoms with Gasteiger partial charge < -0.3 is 74.6 Å². The number of carbonyl (C=O) groups excluding carboxylic acids is 5. The Morgan fingerprint density at radius 3 is 2.25 bits per heavy atom. The minimum absolute atomic E-state index is 0.0170. The molecule has 550 valence electrons. The Hall–Kier alpha value is -7.79. The van der Waals surface area contributed by atoms with E-state index in [0.29, 0.717) is 60.1 Å². The number of methoxy groups -OCH3 is 1. The summed E-state index contributed by atoms with van der Waals surface area (Å²) in [4.78, 5) is 96.2. The zero-order valence-corrected chi connectivity index (χ0v) is 59.9. The number of hydrogen-bond donors (Lipinski definition) is 6. The molecule has 28 heteroatoms. The number of benzene rings is 4. The smallest absolute Gasteiger partial charge is 0.433 e. The summed E-state index contributed by atoms with van der Waals surface area (Å²) in [7, 11) is 10.6. The number of anilines is 1. The van der Waals surface area contributed by atoms with Crippen molar-refractivity contribution >= 4 is 58.7 Å². The van der Waals surface area contributed by atoms with Gasteiger partial charge in [-0.15, -0.1) is 0 Å². The van der Waals surface area contributed by atoms with E-state index in [-0.39, 0.29) is 88.5 Å². The number of amides is 5. The van der Waals surface area contributed by atoms with Gasteiger partial charge >= 0.3 is 6.18 Å². The molecule has 2 saturated carbocycles. The molecule has 0 spiro atoms. The van der Waals surface area contributed by atoms with Crippen LogP contribution in [0.1, 0.15) is 98.8 Å². The van der Waals surface area contributed by atoms with E-state index < -0.39 is 102 Å². The van der Waals surface area contributed by atoms with Crippen LogP contribution in [0.25, 0.3) is 11.3 Å². The van der Waals surface area contributed by atoms with E-state index in [2.05, 4.69) is 36.2 Å². The second-order valence-electron chi connectivity index (χ2n) is 27.4. The van der Waals surface area contributed by atoms with Gasteiger partial charge in [-0.25, -0.2) is 15.0 Å². The SMILES string of the molecule is COC[C@@H]1NC(=O)[C@H](CCCNC2CCCC2OC[C@H]2OC[C@H](Nc3nccc(C(F)(F)F)n3)[C@@H](O)[C@H]2O)N(Cc2ccc(Cl)cc2Oc2ccc(-c3cnc(CN(C)C)n3C)cc2)C(=O)C[C@@H](Cc2ccccc2)C(=O)N(C)[C@H]2CCCC[C@@H]2NC(=O)C[C@H](Cc2ccc(Cl)cc2)N(C)C1=O. The molecule has 4 heterocycles. The minimum atomic E-state index is -4.73. The van der Waals surface area contributed by atoms with Crippen LogP contribution in [0.4, 0.5) is 19.1 Å². The van der Waals surface area contributed by atoms with E-state index in [0.717, 1.165) is 59.7 Å². The van der Waals surface area contributed by atoms with Gasteiger partial charge in [0.1, 0.15) is 53.4 Å². The lowest BCUT2D eigenvalue weighted by Crippen LogP contribution is -2.59. The average Bonchev–Trinajstić information content (AvgIpc) is 1.70. The first-order valence-corrected chi connectivity index (χ1v) is 35.6. The first kappa shape index (κ1) is 76.8. The zero-order chi connectivity index (χ0) is 72.8. The summed E-state index contributed by atoms with van der Waals surface area (Å²) >= 11 is 13.2. The van der Waals surface area contributed by atoms with Crippen LogP contribution in [0.2, 0.25) is 10.0 Å². The number of carbonyl (C=O) groups is 5. The lowest BCUT2D eigenvalue weighted by atomic mass is 9.87. The Morgan fingerprint density at radius 2 is 1.51 bits per heavy atom. The van der Waals surface area contributed by atoms with E-state index in [9.17, 15) is 28.2 Å². The third kappa shape index (κ3) is 20.1. The van der Waals surface area contributed by atoms with Crippen LogP contribution in [0.15, 0.2) is 116 Å². The van der Waals surface area contributed by atoms with E-state index in [1.807, 2.05) is 104 Å². The number of rotatable bonds is 23. The highest BCUT2D eigenvalue weighted by Gasteiger charge is 2.43. The summed E-state index contributed by atoms with van der Waals surface area (Å²) in [6.07, 6.45) is -1.30. The number of halogens is 5. The van der Waals surface area contributed by atoms with Gasteiger partial charge in [0.05, 0.1) is 68.9 Å². The van der Waals surface area contributed by atoms with Crippen LogP contribution in [0, 0.1) is 5.92 Å². The molecule has 2 saturated heterocycles. The lowest BCUT2D eigenvalue weighted by molar-refractivity contribution is -0.166. The number of alkyl halides is 3. The molecule has 12 atom stereocenters. The number of nitrogens with one attached hydrogen (secondary N) is 4. The van der Waals surface area contributed by atoms with E-state index in [4.69, 9.17) is 42.1 Å². The Bertz CT molecular complexity index is 3790. The summed E-state index contributed by atoms with van der Waals surface area (Å²) in [5, 5.41) is 35.7. The van der Waals surface area contributed by atoms with Gasteiger partial charge in [0.25, 0.3) is 0 Å². The van der Waals surface area contributed by atoms with Crippen LogP contribution in [-0.4, -0.2) is 207 Å². The first-order valence-electron chi connectivity index (χ1n) is 34.8. The van der Waals surface area contributed by atoms with Crippen molar-refractivity contribution in [1.29, 1.82) is 0 Å². The third-order valence-corrected chi connectivity index (χ3v) is 20.3. The van der Waals surface area contributed by atoms with E-state index in [1.165, 1.54) is 16.9 Å². The quantitative estimate of drug-likeness (QED) is 0.0329. The van der Waals surface area contributed by atoms with Gasteiger partial charge in [-0.05, 0) is 144 Å². The Balaban J connectivity index is 0.967. The maximum atomic E-state index is 16.2. The predicted octanol–water partition coefficient (Wildman–Crippen LogP) is 8.40. The summed E-state index contributed by atoms with van der Waals surface area (Å²) in [5.41, 5.74) is 2.68. The maximum Gasteiger partial charge on any atom is 0.433 e. The van der Waals surface area contributed by atoms with Crippen molar-refractivity contribution in [2.24, 2.45) is 13.0 Å². The lowest BCUT2D eigenvalue weighted by Gasteiger charge is -2.40. The number of ether oxygens (including phenoxy) is 4. The van der Waals surface area contributed by atoms with Gasteiger partial charge in [-0.3, -0.25) is 24.0 Å². The molecule has 4 aliphatic rings. The van der Waals surface area contributed by atoms with Crippen molar-refractivity contribution in [3.05, 3.63) is 154 Å². The van der Waals surface area contributed by atoms with Crippen molar-refractivity contribution in [3.63, 3.8) is 0 Å². The monoisotopic (exact) mass is 1450 g/mol. The molecule has 4 fully saturated rings. The van der Waals surface area contributed by atoms with Gasteiger partial charge in [0, 0.05) is 86.6 Å². The fourth-order valence-electron chi connectivity index (χ4n) is 14.2. The standard InChI is InChI=1S/C74H93Cl2F3N12O11/c1-87(2)41-65-82-39-60(89(65)4)47-24-29-53(30-25-47)102-62-37-51(76)28-23-48(62)40-91-59(19-13-32-80-55-17-12-20-61(55)101-44-63-69(95)68(94)56(43-100-63)85-73-81-33-31-64(86-73)74(77,78)79)70(96)84-57(42-99-6)72(98)88(3)52(35-46-21-26-50(75)27-22-46)38-66(92)83-54-16-10-11-18-58(54)90(5)71(97)49(36-67(91)93)34-45-14-8-7-9-15-45/h7-9,14-15,21-31,33,37,39,49,52,54-59,61,63,68-69,80,94-95H,10-13,16-20,32,34-36,38,40-44H2,1-6H3,(H,83,92)(H,84,96)(H,81,85,86)/t49-,52+,54+,55?,56+,57+,58+,59+,61?,63-,68-,69+/m1/s1. The van der Waals surface area contributed by atoms with Crippen molar-refractivity contribution in [1.82, 2.24) is 55.1 Å². The average molecular weight is 1450 g/mol. The molecular formula is C74H93Cl2F3N12O11. The highest BCUT2D eigenvalue weighted by atomic mass is 35.5. The third-order valence-electron chi connectivity index (χ3n) is 19.8. The molecule has 10 rings (SSSR count). The Morgan fingerprint density at radius 1 is 0.775 bits per heavy atom. The second kappa shape index (κ2) is 35.6. The molecule has 6 N–H and O–H groups in total. The fraction of sp³-hybridized carbons (Fsp3) is 0.514. The van der Waals surface area contributed by atoms with Gasteiger partial charge in [-0.1, -0.05) is 84.6 Å². The molecule has 6 aromatic rings. The van der Waals surface area contributed by atoms with Crippen LogP contribution in [0.3, 0.4) is 0 Å². The second-order valence-corrected chi connectivity index (χ2v) is 28.2. The number of nitrogens with zero attached hydrogens (tertiary/aromatic N) is 8. The fourth-order valence-corrected chi connectivity index (χ4v) is 14.5. The van der Waals surface area contributed by atoms with Crippen molar-refractivity contribution in [2.45, 2.75) is 169 Å². The van der Waals surface area contributed by atoms with Crippen LogP contribution < -0.4 is 26.0 Å². The summed E-state index contributed by atoms with van der Waals surface area (Å²) in [6.45, 7) is 0.0771. The van der Waals surface area contributed by atoms with Gasteiger partial charge in [0.15, 0.2) is 0 Å². The van der Waals surface area contributed by atoms with Crippen LogP contribution in [-0.2, 0) is 77.3 Å². The molecule has 102 heavy (non-hydrogen) atoms. The molecule has 0 radical (unpaired) electrons. The molecule has 2 unspecified atom stereocenters. The Labute approximate surface area is 603 Å². The van der Waals surface area contributed by atoms with Crippen molar-refractivity contribution in [3.8, 4) is 22.8 Å². The number of imidazole rings is 1. The molecule has 0 bridgehead atoms. The van der Waals surface area contributed by atoms with Gasteiger partial charge in [-0.2, -0.15) is 13.2 Å². The maximum absolute atomic E-state index is 16.2. The number of aliphatic hydroxyl groups excluding tert-OH is 2. The zero-order valence-electron chi connectivity index (χ0n) is 58.4. The number of aromatic nitrogens is 4. The first-order chi connectivity index (χ1) is 48.9. The molecule has 5 amide bonds. The molecular weight excluding hydrogens is 1360 g/mol. The summed E-state index contributed by atoms with van der Waals surface area (Å²) < 4.78 is 67.1. The summed E-state index contributed by atoms with van der Waals surface area (Å²) in [6, 6.07) is 24.2. The largest absolute Gasteiger partial charge is 0.457 e. The van der Waals surface area contributed by atoms with Crippen molar-refractivity contribution in [2.75, 3.05) is 67.0 Å². The minimum Gasteiger partial charge on any atom is -0.457 e. The number of aliphatic hydroxyl groups is 2. The molecule has 2 aliphatic carbocycles. The highest BCUT2D eigenvalue weighted by Crippen LogP contribution is 2.35. The molecule has 2 aliphatic heterocycles. The number of likely N-dealkylation sites (N-methyl/N-ethyl adjacent to an activating group) is 2. The van der Waals surface area contributed by atoms with E-state index >= 15 is 19.2 Å². The molecule has 23 nitrogen and oxygen atoms in total. The van der Waals surface area contributed by atoms with Crippen LogP contribution >= 0.6 is 23.2 Å². The van der Waals surface area contributed by atoms with E-state index in [1.54, 1.807) is 49.3 Å².